The summed E-state index contributed by atoms with van der Waals surface area (Å²) in [4.78, 5) is 20.5. The van der Waals surface area contributed by atoms with Gasteiger partial charge < -0.3 is 10.1 Å². The molecule has 0 bridgehead atoms. The summed E-state index contributed by atoms with van der Waals surface area (Å²) in [7, 11) is 0. The molecule has 3 rings (SSSR count). The smallest absolute Gasteiger partial charge is 0.258 e. The van der Waals surface area contributed by atoms with Gasteiger partial charge in [-0.2, -0.15) is 11.3 Å². The van der Waals surface area contributed by atoms with Crippen molar-refractivity contribution in [3.8, 4) is 17.0 Å². The average Bonchev–Trinajstić information content (AvgIpc) is 3.14. The van der Waals surface area contributed by atoms with Crippen LogP contribution in [0.3, 0.4) is 0 Å². The molecule has 122 valence electrons. The van der Waals surface area contributed by atoms with Crippen molar-refractivity contribution in [2.24, 2.45) is 0 Å². The Hall–Kier alpha value is -2.80. The molecule has 0 aliphatic heterocycles. The van der Waals surface area contributed by atoms with Gasteiger partial charge in [-0.1, -0.05) is 12.1 Å². The van der Waals surface area contributed by atoms with Gasteiger partial charge in [0.2, 0.25) is 0 Å². The van der Waals surface area contributed by atoms with Gasteiger partial charge in [0.05, 0.1) is 17.9 Å². The minimum Gasteiger partial charge on any atom is -0.481 e. The predicted molar refractivity (Wildman–Crippen MR) is 89.1 cm³/mol. The summed E-state index contributed by atoms with van der Waals surface area (Å²) in [6, 6.07) is 7.90. The standard InChI is InChI=1S/C17H14FN3O2S/c18-13-3-1-2-4-15(13)23-10-16(22)21-9-14-17(20-7-6-19-14)12-5-8-24-11-12/h1-8,11H,9-10H2,(H,21,22). The zero-order chi connectivity index (χ0) is 16.8. The van der Waals surface area contributed by atoms with Crippen LogP contribution < -0.4 is 10.1 Å². The van der Waals surface area contributed by atoms with Gasteiger partial charge in [-0.05, 0) is 23.6 Å². The SMILES string of the molecule is O=C(COc1ccccc1F)NCc1nccnc1-c1ccsc1. The van der Waals surface area contributed by atoms with E-state index in [-0.39, 0.29) is 24.8 Å². The average molecular weight is 343 g/mol. The molecule has 0 spiro atoms. The van der Waals surface area contributed by atoms with E-state index in [9.17, 15) is 9.18 Å². The summed E-state index contributed by atoms with van der Waals surface area (Å²) in [5.74, 6) is -0.815. The molecule has 3 aromatic rings. The highest BCUT2D eigenvalue weighted by atomic mass is 32.1. The van der Waals surface area contributed by atoms with E-state index in [1.165, 1.54) is 12.1 Å². The number of rotatable bonds is 6. The van der Waals surface area contributed by atoms with Crippen LogP contribution in [0.15, 0.2) is 53.5 Å². The van der Waals surface area contributed by atoms with E-state index in [4.69, 9.17) is 4.74 Å². The Kier molecular flexibility index (Phi) is 5.12. The van der Waals surface area contributed by atoms with Gasteiger partial charge in [-0.25, -0.2) is 4.39 Å². The number of para-hydroxylation sites is 1. The van der Waals surface area contributed by atoms with Crippen LogP contribution in [-0.2, 0) is 11.3 Å². The fourth-order valence-electron chi connectivity index (χ4n) is 2.07. The minimum atomic E-state index is -0.501. The van der Waals surface area contributed by atoms with Crippen molar-refractivity contribution in [1.29, 1.82) is 0 Å². The Morgan fingerprint density at radius 1 is 1.21 bits per heavy atom. The molecule has 2 aromatic heterocycles. The molecule has 2 heterocycles. The van der Waals surface area contributed by atoms with E-state index >= 15 is 0 Å². The maximum atomic E-state index is 13.4. The zero-order valence-corrected chi connectivity index (χ0v) is 13.4. The largest absolute Gasteiger partial charge is 0.481 e. The van der Waals surface area contributed by atoms with Crippen LogP contribution in [0.2, 0.25) is 0 Å². The summed E-state index contributed by atoms with van der Waals surface area (Å²) in [5, 5.41) is 6.63. The third kappa shape index (κ3) is 3.94. The van der Waals surface area contributed by atoms with E-state index in [2.05, 4.69) is 15.3 Å². The van der Waals surface area contributed by atoms with Gasteiger partial charge in [-0.3, -0.25) is 14.8 Å². The molecule has 0 saturated carbocycles. The van der Waals surface area contributed by atoms with Gasteiger partial charge in [0.25, 0.3) is 5.91 Å². The lowest BCUT2D eigenvalue weighted by molar-refractivity contribution is -0.123. The Bertz CT molecular complexity index is 824. The third-order valence-corrected chi connectivity index (χ3v) is 3.90. The molecule has 0 aliphatic carbocycles. The first-order valence-corrected chi connectivity index (χ1v) is 8.15. The maximum Gasteiger partial charge on any atom is 0.258 e. The second kappa shape index (κ2) is 7.65. The molecule has 0 aliphatic rings. The van der Waals surface area contributed by atoms with Crippen molar-refractivity contribution >= 4 is 17.2 Å². The van der Waals surface area contributed by atoms with Crippen LogP contribution in [-0.4, -0.2) is 22.5 Å². The third-order valence-electron chi connectivity index (χ3n) is 3.22. The number of aromatic nitrogens is 2. The lowest BCUT2D eigenvalue weighted by atomic mass is 10.2. The number of ether oxygens (including phenoxy) is 1. The van der Waals surface area contributed by atoms with Crippen molar-refractivity contribution in [2.75, 3.05) is 6.61 Å². The monoisotopic (exact) mass is 343 g/mol. The lowest BCUT2D eigenvalue weighted by Gasteiger charge is -2.09. The van der Waals surface area contributed by atoms with Gasteiger partial charge >= 0.3 is 0 Å². The number of carbonyl (C=O) groups excluding carboxylic acids is 1. The highest BCUT2D eigenvalue weighted by Crippen LogP contribution is 2.22. The molecule has 0 fully saturated rings. The van der Waals surface area contributed by atoms with Crippen molar-refractivity contribution in [1.82, 2.24) is 15.3 Å². The maximum absolute atomic E-state index is 13.4. The number of thiophene rings is 1. The van der Waals surface area contributed by atoms with Crippen LogP contribution in [0.25, 0.3) is 11.3 Å². The second-order valence-corrected chi connectivity index (χ2v) is 5.64. The Balaban J connectivity index is 1.58. The highest BCUT2D eigenvalue weighted by Gasteiger charge is 2.11. The summed E-state index contributed by atoms with van der Waals surface area (Å²) in [6.07, 6.45) is 3.19. The Labute approximate surface area is 142 Å². The molecule has 0 radical (unpaired) electrons. The number of nitrogens with one attached hydrogen (secondary N) is 1. The number of hydrogen-bond donors (Lipinski definition) is 1. The predicted octanol–water partition coefficient (Wildman–Crippen LogP) is 3.04. The van der Waals surface area contributed by atoms with Gasteiger partial charge in [0, 0.05) is 23.3 Å². The van der Waals surface area contributed by atoms with Crippen molar-refractivity contribution in [2.45, 2.75) is 6.54 Å². The van der Waals surface area contributed by atoms with E-state index in [0.717, 1.165) is 11.3 Å². The molecule has 0 atom stereocenters. The Morgan fingerprint density at radius 2 is 2.04 bits per heavy atom. The van der Waals surface area contributed by atoms with Crippen LogP contribution in [0.5, 0.6) is 5.75 Å². The van der Waals surface area contributed by atoms with E-state index in [1.54, 1.807) is 35.9 Å². The molecule has 1 N–H and O–H groups in total. The van der Waals surface area contributed by atoms with Crippen LogP contribution in [0, 0.1) is 5.82 Å². The van der Waals surface area contributed by atoms with Gasteiger partial charge in [0.15, 0.2) is 18.2 Å². The molecule has 1 aromatic carbocycles. The first-order chi connectivity index (χ1) is 11.7. The number of benzene rings is 1. The molecule has 24 heavy (non-hydrogen) atoms. The molecular formula is C17H14FN3O2S. The second-order valence-electron chi connectivity index (χ2n) is 4.86. The van der Waals surface area contributed by atoms with Crippen LogP contribution >= 0.6 is 11.3 Å². The fourth-order valence-corrected chi connectivity index (χ4v) is 2.72. The number of carbonyl (C=O) groups is 1. The molecule has 0 unspecified atom stereocenters. The Morgan fingerprint density at radius 3 is 2.83 bits per heavy atom. The summed E-state index contributed by atoms with van der Waals surface area (Å²) >= 11 is 1.56. The summed E-state index contributed by atoms with van der Waals surface area (Å²) < 4.78 is 18.6. The van der Waals surface area contributed by atoms with Crippen molar-refractivity contribution in [3.63, 3.8) is 0 Å². The number of halogens is 1. The normalized spacial score (nSPS) is 10.4. The molecule has 0 saturated heterocycles. The molecule has 7 heteroatoms. The highest BCUT2D eigenvalue weighted by molar-refractivity contribution is 7.08. The minimum absolute atomic E-state index is 0.0473. The summed E-state index contributed by atoms with van der Waals surface area (Å²) in [5.41, 5.74) is 2.35. The quantitative estimate of drug-likeness (QED) is 0.747. The number of amides is 1. The van der Waals surface area contributed by atoms with Gasteiger partial charge in [-0.15, -0.1) is 0 Å². The van der Waals surface area contributed by atoms with E-state index in [1.807, 2.05) is 16.8 Å². The first-order valence-electron chi connectivity index (χ1n) is 7.20. The summed E-state index contributed by atoms with van der Waals surface area (Å²) in [6.45, 7) is -0.0481. The number of nitrogens with zero attached hydrogens (tertiary/aromatic N) is 2. The zero-order valence-electron chi connectivity index (χ0n) is 12.6. The van der Waals surface area contributed by atoms with Crippen molar-refractivity contribution < 1.29 is 13.9 Å². The molecule has 5 nitrogen and oxygen atoms in total. The lowest BCUT2D eigenvalue weighted by Crippen LogP contribution is -2.29. The van der Waals surface area contributed by atoms with Crippen molar-refractivity contribution in [3.05, 3.63) is 65.0 Å². The topological polar surface area (TPSA) is 64.1 Å². The van der Waals surface area contributed by atoms with E-state index < -0.39 is 5.82 Å². The fraction of sp³-hybridized carbons (Fsp3) is 0.118. The number of hydrogen-bond acceptors (Lipinski definition) is 5. The van der Waals surface area contributed by atoms with Crippen LogP contribution in [0.4, 0.5) is 4.39 Å². The first kappa shape index (κ1) is 16.1. The van der Waals surface area contributed by atoms with Crippen LogP contribution in [0.1, 0.15) is 5.69 Å². The molecule has 1 amide bonds. The van der Waals surface area contributed by atoms with Gasteiger partial charge in [0.1, 0.15) is 0 Å². The van der Waals surface area contributed by atoms with E-state index in [0.29, 0.717) is 5.69 Å². The molecular weight excluding hydrogens is 329 g/mol.